The Balaban J connectivity index is 1.99. The van der Waals surface area contributed by atoms with Gasteiger partial charge in [0.05, 0.1) is 0 Å². The Morgan fingerprint density at radius 2 is 2.27 bits per heavy atom. The second kappa shape index (κ2) is 4.85. The van der Waals surface area contributed by atoms with E-state index in [-0.39, 0.29) is 10.5 Å². The summed E-state index contributed by atoms with van der Waals surface area (Å²) in [6.45, 7) is 1.87. The standard InChI is InChI=1S/C9H11N3OS2/c1-6-2-3-10-9(11-6)12-7(13)8-14-4-5-15-8/h2-3,8H,4-5H2,1H3,(H,10,11,12,13). The number of thioether (sulfide) groups is 2. The average molecular weight is 241 g/mol. The van der Waals surface area contributed by atoms with E-state index in [0.29, 0.717) is 5.95 Å². The minimum atomic E-state index is -0.00639. The van der Waals surface area contributed by atoms with Crippen molar-refractivity contribution in [1.82, 2.24) is 9.97 Å². The Labute approximate surface area is 96.6 Å². The molecule has 2 rings (SSSR count). The SMILES string of the molecule is Cc1ccnc(NC(=O)C2SCCS2)n1. The van der Waals surface area contributed by atoms with E-state index in [4.69, 9.17) is 0 Å². The van der Waals surface area contributed by atoms with Gasteiger partial charge in [0.25, 0.3) is 0 Å². The van der Waals surface area contributed by atoms with Gasteiger partial charge in [-0.05, 0) is 13.0 Å². The highest BCUT2D eigenvalue weighted by Gasteiger charge is 2.24. The molecule has 15 heavy (non-hydrogen) atoms. The lowest BCUT2D eigenvalue weighted by atomic mass is 10.5. The normalized spacial score (nSPS) is 16.6. The number of nitrogens with zero attached hydrogens (tertiary/aromatic N) is 2. The third kappa shape index (κ3) is 2.85. The van der Waals surface area contributed by atoms with Gasteiger partial charge in [0.15, 0.2) is 0 Å². The Bertz CT molecular complexity index is 366. The van der Waals surface area contributed by atoms with E-state index in [1.165, 1.54) is 0 Å². The summed E-state index contributed by atoms with van der Waals surface area (Å²) >= 11 is 3.34. The zero-order chi connectivity index (χ0) is 10.7. The summed E-state index contributed by atoms with van der Waals surface area (Å²) < 4.78 is -0.00545. The molecular formula is C9H11N3OS2. The highest BCUT2D eigenvalue weighted by Crippen LogP contribution is 2.32. The fraction of sp³-hybridized carbons (Fsp3) is 0.444. The molecule has 0 radical (unpaired) electrons. The van der Waals surface area contributed by atoms with Crippen LogP contribution >= 0.6 is 23.5 Å². The van der Waals surface area contributed by atoms with E-state index in [0.717, 1.165) is 17.2 Å². The van der Waals surface area contributed by atoms with Crippen molar-refractivity contribution < 1.29 is 4.79 Å². The minimum absolute atomic E-state index is 0.00545. The molecule has 2 heterocycles. The van der Waals surface area contributed by atoms with Gasteiger partial charge in [0.1, 0.15) is 4.58 Å². The van der Waals surface area contributed by atoms with Crippen molar-refractivity contribution in [3.63, 3.8) is 0 Å². The van der Waals surface area contributed by atoms with Crippen LogP contribution in [0.15, 0.2) is 12.3 Å². The van der Waals surface area contributed by atoms with E-state index in [1.54, 1.807) is 35.8 Å². The van der Waals surface area contributed by atoms with Crippen molar-refractivity contribution in [2.75, 3.05) is 16.8 Å². The lowest BCUT2D eigenvalue weighted by Gasteiger charge is -2.07. The third-order valence-corrected chi connectivity index (χ3v) is 4.85. The predicted molar refractivity (Wildman–Crippen MR) is 64.1 cm³/mol. The first-order valence-electron chi connectivity index (χ1n) is 4.59. The first kappa shape index (κ1) is 10.8. The van der Waals surface area contributed by atoms with Crippen molar-refractivity contribution in [3.05, 3.63) is 18.0 Å². The number of amides is 1. The molecule has 0 unspecified atom stereocenters. The molecule has 1 N–H and O–H groups in total. The molecule has 1 aliphatic heterocycles. The van der Waals surface area contributed by atoms with Crippen LogP contribution in [0.25, 0.3) is 0 Å². The number of carbonyl (C=O) groups excluding carboxylic acids is 1. The number of hydrogen-bond acceptors (Lipinski definition) is 5. The van der Waals surface area contributed by atoms with Gasteiger partial charge in [0, 0.05) is 23.4 Å². The summed E-state index contributed by atoms with van der Waals surface area (Å²) in [6, 6.07) is 1.80. The molecule has 1 aromatic rings. The number of rotatable bonds is 2. The quantitative estimate of drug-likeness (QED) is 0.851. The number of nitrogens with one attached hydrogen (secondary N) is 1. The molecule has 0 atom stereocenters. The van der Waals surface area contributed by atoms with Gasteiger partial charge in [0.2, 0.25) is 11.9 Å². The Morgan fingerprint density at radius 1 is 1.53 bits per heavy atom. The van der Waals surface area contributed by atoms with Crippen molar-refractivity contribution in [2.45, 2.75) is 11.5 Å². The van der Waals surface area contributed by atoms with Crippen LogP contribution in [0.3, 0.4) is 0 Å². The van der Waals surface area contributed by atoms with Crippen LogP contribution in [0.2, 0.25) is 0 Å². The molecular weight excluding hydrogens is 230 g/mol. The van der Waals surface area contributed by atoms with Crippen molar-refractivity contribution in [2.24, 2.45) is 0 Å². The van der Waals surface area contributed by atoms with Crippen molar-refractivity contribution in [1.29, 1.82) is 0 Å². The van der Waals surface area contributed by atoms with Gasteiger partial charge in [-0.3, -0.25) is 10.1 Å². The minimum Gasteiger partial charge on any atom is -0.293 e. The molecule has 0 aliphatic carbocycles. The van der Waals surface area contributed by atoms with Crippen molar-refractivity contribution >= 4 is 35.4 Å². The Hall–Kier alpha value is -0.750. The molecule has 0 aromatic carbocycles. The van der Waals surface area contributed by atoms with Gasteiger partial charge >= 0.3 is 0 Å². The summed E-state index contributed by atoms with van der Waals surface area (Å²) in [5.74, 6) is 2.47. The van der Waals surface area contributed by atoms with Gasteiger partial charge in [-0.25, -0.2) is 9.97 Å². The number of aromatic nitrogens is 2. The Morgan fingerprint density at radius 3 is 2.93 bits per heavy atom. The van der Waals surface area contributed by atoms with Crippen LogP contribution in [0, 0.1) is 6.92 Å². The monoisotopic (exact) mass is 241 g/mol. The number of hydrogen-bond donors (Lipinski definition) is 1. The molecule has 6 heteroatoms. The topological polar surface area (TPSA) is 54.9 Å². The van der Waals surface area contributed by atoms with Gasteiger partial charge in [-0.1, -0.05) is 0 Å². The average Bonchev–Trinajstić information content (AvgIpc) is 2.70. The first-order valence-corrected chi connectivity index (χ1v) is 6.69. The van der Waals surface area contributed by atoms with E-state index >= 15 is 0 Å². The molecule has 1 fully saturated rings. The second-order valence-corrected chi connectivity index (χ2v) is 5.81. The second-order valence-electron chi connectivity index (χ2n) is 3.08. The van der Waals surface area contributed by atoms with Crippen LogP contribution in [-0.2, 0) is 4.79 Å². The smallest absolute Gasteiger partial charge is 0.249 e. The molecule has 0 saturated carbocycles. The molecule has 0 spiro atoms. The fourth-order valence-corrected chi connectivity index (χ4v) is 3.77. The molecule has 1 aliphatic rings. The van der Waals surface area contributed by atoms with Gasteiger partial charge in [-0.2, -0.15) is 0 Å². The lowest BCUT2D eigenvalue weighted by Crippen LogP contribution is -2.22. The van der Waals surface area contributed by atoms with Crippen LogP contribution in [0.1, 0.15) is 5.69 Å². The number of carbonyl (C=O) groups is 1. The maximum atomic E-state index is 11.7. The van der Waals surface area contributed by atoms with Crippen molar-refractivity contribution in [3.8, 4) is 0 Å². The number of aryl methyl sites for hydroxylation is 1. The van der Waals surface area contributed by atoms with E-state index in [2.05, 4.69) is 15.3 Å². The van der Waals surface area contributed by atoms with Gasteiger partial charge < -0.3 is 0 Å². The number of anilines is 1. The highest BCUT2D eigenvalue weighted by molar-refractivity contribution is 8.21. The summed E-state index contributed by atoms with van der Waals surface area (Å²) in [6.07, 6.45) is 1.65. The summed E-state index contributed by atoms with van der Waals surface area (Å²) in [5.41, 5.74) is 0.854. The van der Waals surface area contributed by atoms with Crippen LogP contribution in [0.4, 0.5) is 5.95 Å². The zero-order valence-corrected chi connectivity index (χ0v) is 9.90. The molecule has 1 aromatic heterocycles. The predicted octanol–water partition coefficient (Wildman–Crippen LogP) is 1.53. The Kier molecular flexibility index (Phi) is 3.48. The van der Waals surface area contributed by atoms with Crippen LogP contribution < -0.4 is 5.32 Å². The first-order chi connectivity index (χ1) is 7.25. The summed E-state index contributed by atoms with van der Waals surface area (Å²) in [4.78, 5) is 19.8. The third-order valence-electron chi connectivity index (χ3n) is 1.87. The summed E-state index contributed by atoms with van der Waals surface area (Å²) in [7, 11) is 0. The highest BCUT2D eigenvalue weighted by atomic mass is 32.2. The fourth-order valence-electron chi connectivity index (χ4n) is 1.19. The molecule has 1 amide bonds. The lowest BCUT2D eigenvalue weighted by molar-refractivity contribution is -0.114. The molecule has 1 saturated heterocycles. The van der Waals surface area contributed by atoms with Gasteiger partial charge in [-0.15, -0.1) is 23.5 Å². The van der Waals surface area contributed by atoms with Crippen LogP contribution in [0.5, 0.6) is 0 Å². The maximum Gasteiger partial charge on any atom is 0.249 e. The summed E-state index contributed by atoms with van der Waals surface area (Å²) in [5, 5.41) is 2.72. The van der Waals surface area contributed by atoms with E-state index < -0.39 is 0 Å². The van der Waals surface area contributed by atoms with E-state index in [9.17, 15) is 4.79 Å². The largest absolute Gasteiger partial charge is 0.293 e. The zero-order valence-electron chi connectivity index (χ0n) is 8.27. The molecule has 4 nitrogen and oxygen atoms in total. The molecule has 80 valence electrons. The molecule has 0 bridgehead atoms. The maximum absolute atomic E-state index is 11.7. The van der Waals surface area contributed by atoms with E-state index in [1.807, 2.05) is 6.92 Å². The van der Waals surface area contributed by atoms with Crippen LogP contribution in [-0.4, -0.2) is 32.0 Å².